The van der Waals surface area contributed by atoms with E-state index in [9.17, 15) is 9.90 Å². The average Bonchev–Trinajstić information content (AvgIpc) is 2.54. The fourth-order valence-corrected chi connectivity index (χ4v) is 3.30. The van der Waals surface area contributed by atoms with Crippen LogP contribution in [0.4, 0.5) is 0 Å². The summed E-state index contributed by atoms with van der Waals surface area (Å²) in [5, 5.41) is 12.0. The molecule has 0 amide bonds. The third kappa shape index (κ3) is 3.10. The summed E-state index contributed by atoms with van der Waals surface area (Å²) in [6, 6.07) is 6.14. The second-order valence-electron chi connectivity index (χ2n) is 6.04. The maximum Gasteiger partial charge on any atom is 0.319 e. The molecule has 0 saturated carbocycles. The fraction of sp³-hybridized carbons (Fsp3) is 0.222. The van der Waals surface area contributed by atoms with Gasteiger partial charge >= 0.3 is 5.97 Å². The van der Waals surface area contributed by atoms with Crippen molar-refractivity contribution in [3.05, 3.63) is 48.5 Å². The fourth-order valence-electron chi connectivity index (χ4n) is 2.35. The van der Waals surface area contributed by atoms with Crippen LogP contribution in [0.25, 0.3) is 22.0 Å². The number of hydrogen-bond acceptors (Lipinski definition) is 5. The van der Waals surface area contributed by atoms with Crippen LogP contribution in [0.2, 0.25) is 0 Å². The summed E-state index contributed by atoms with van der Waals surface area (Å²) in [7, 11) is 0. The Bertz CT molecular complexity index is 925. The third-order valence-electron chi connectivity index (χ3n) is 3.70. The van der Waals surface area contributed by atoms with Crippen molar-refractivity contribution in [2.45, 2.75) is 30.5 Å². The van der Waals surface area contributed by atoms with Gasteiger partial charge in [0.1, 0.15) is 15.5 Å². The van der Waals surface area contributed by atoms with Gasteiger partial charge in [0.05, 0.1) is 0 Å². The maximum absolute atomic E-state index is 11.4. The summed E-state index contributed by atoms with van der Waals surface area (Å²) in [5.74, 6) is -0.893. The summed E-state index contributed by atoms with van der Waals surface area (Å²) < 4.78 is -1.00. The number of carboxylic acid groups (broad SMARTS) is 1. The van der Waals surface area contributed by atoms with Crippen LogP contribution >= 0.6 is 11.8 Å². The van der Waals surface area contributed by atoms with E-state index in [1.807, 2.05) is 25.3 Å². The first kappa shape index (κ1) is 16.4. The molecule has 0 aliphatic rings. The molecule has 1 aromatic carbocycles. The van der Waals surface area contributed by atoms with Gasteiger partial charge in [-0.15, -0.1) is 0 Å². The van der Waals surface area contributed by atoms with Gasteiger partial charge < -0.3 is 5.11 Å². The Morgan fingerprint density at radius 1 is 1.17 bits per heavy atom. The van der Waals surface area contributed by atoms with E-state index in [-0.39, 0.29) is 0 Å². The summed E-state index contributed by atoms with van der Waals surface area (Å²) in [5.41, 5.74) is 2.66. The Kier molecular flexibility index (Phi) is 4.24. The summed E-state index contributed by atoms with van der Waals surface area (Å²) in [4.78, 5) is 24.6. The van der Waals surface area contributed by atoms with E-state index in [1.165, 1.54) is 11.8 Å². The van der Waals surface area contributed by atoms with Gasteiger partial charge in [0.25, 0.3) is 0 Å². The number of aliphatic carboxylic acids is 1. The zero-order valence-corrected chi connectivity index (χ0v) is 14.5. The van der Waals surface area contributed by atoms with Crippen molar-refractivity contribution in [1.82, 2.24) is 15.0 Å². The minimum Gasteiger partial charge on any atom is -0.480 e. The predicted octanol–water partition coefficient (Wildman–Crippen LogP) is 3.96. The van der Waals surface area contributed by atoms with Crippen LogP contribution in [0.3, 0.4) is 0 Å². The molecule has 24 heavy (non-hydrogen) atoms. The minimum absolute atomic E-state index is 0.583. The first-order valence-corrected chi connectivity index (χ1v) is 8.28. The molecule has 0 unspecified atom stereocenters. The molecule has 0 radical (unpaired) electrons. The van der Waals surface area contributed by atoms with Crippen molar-refractivity contribution in [3.63, 3.8) is 0 Å². The van der Waals surface area contributed by atoms with E-state index in [0.29, 0.717) is 10.7 Å². The molecule has 3 aromatic rings. The lowest BCUT2D eigenvalue weighted by Gasteiger charge is -2.19. The second kappa shape index (κ2) is 6.20. The van der Waals surface area contributed by atoms with Crippen LogP contribution in [0.15, 0.2) is 48.0 Å². The minimum atomic E-state index is -1.00. The molecule has 0 spiro atoms. The Morgan fingerprint density at radius 2 is 1.92 bits per heavy atom. The van der Waals surface area contributed by atoms with Crippen molar-refractivity contribution >= 4 is 28.5 Å². The Morgan fingerprint density at radius 3 is 2.67 bits per heavy atom. The summed E-state index contributed by atoms with van der Waals surface area (Å²) >= 11 is 1.19. The highest BCUT2D eigenvalue weighted by atomic mass is 32.2. The number of rotatable bonds is 4. The number of carbonyl (C=O) groups is 1. The highest BCUT2D eigenvalue weighted by Gasteiger charge is 2.30. The van der Waals surface area contributed by atoms with Crippen LogP contribution in [0, 0.1) is 6.92 Å². The van der Waals surface area contributed by atoms with Crippen molar-refractivity contribution < 1.29 is 9.90 Å². The largest absolute Gasteiger partial charge is 0.480 e. The molecule has 2 heterocycles. The van der Waals surface area contributed by atoms with Gasteiger partial charge in [0.2, 0.25) is 0 Å². The SMILES string of the molecule is Cc1ccc2c(-c3nccnc3SC(C)(C)C(=O)O)cncc2c1. The number of fused-ring (bicyclic) bond motifs is 1. The third-order valence-corrected chi connectivity index (χ3v) is 4.88. The lowest BCUT2D eigenvalue weighted by atomic mass is 10.0. The number of aromatic nitrogens is 3. The van der Waals surface area contributed by atoms with Gasteiger partial charge in [-0.2, -0.15) is 0 Å². The number of pyridine rings is 1. The summed E-state index contributed by atoms with van der Waals surface area (Å²) in [6.07, 6.45) is 6.75. The van der Waals surface area contributed by atoms with Gasteiger partial charge in [-0.1, -0.05) is 29.5 Å². The first-order chi connectivity index (χ1) is 11.4. The van der Waals surface area contributed by atoms with E-state index in [1.54, 1.807) is 32.4 Å². The van der Waals surface area contributed by atoms with E-state index >= 15 is 0 Å². The number of thioether (sulfide) groups is 1. The number of benzene rings is 1. The molecule has 122 valence electrons. The lowest BCUT2D eigenvalue weighted by Crippen LogP contribution is -2.27. The van der Waals surface area contributed by atoms with Crippen LogP contribution in [0.1, 0.15) is 19.4 Å². The quantitative estimate of drug-likeness (QED) is 0.725. The Labute approximate surface area is 144 Å². The first-order valence-electron chi connectivity index (χ1n) is 7.46. The molecule has 5 nitrogen and oxygen atoms in total. The van der Waals surface area contributed by atoms with E-state index in [4.69, 9.17) is 0 Å². The number of hydrogen-bond donors (Lipinski definition) is 1. The topological polar surface area (TPSA) is 76.0 Å². The van der Waals surface area contributed by atoms with E-state index in [2.05, 4.69) is 21.0 Å². The molecule has 0 saturated heterocycles. The molecule has 0 bridgehead atoms. The standard InChI is InChI=1S/C18H17N3O2S/c1-11-4-5-13-12(8-11)9-19-10-14(13)15-16(21-7-6-20-15)24-18(2,3)17(22)23/h4-10H,1-3H3,(H,22,23). The zero-order chi connectivity index (χ0) is 17.3. The van der Waals surface area contributed by atoms with Crippen LogP contribution in [-0.4, -0.2) is 30.8 Å². The molecule has 0 aliphatic carbocycles. The smallest absolute Gasteiger partial charge is 0.319 e. The lowest BCUT2D eigenvalue weighted by molar-refractivity contribution is -0.138. The number of aryl methyl sites for hydroxylation is 1. The van der Waals surface area contributed by atoms with Gasteiger partial charge in [-0.05, 0) is 32.2 Å². The van der Waals surface area contributed by atoms with Gasteiger partial charge in [0.15, 0.2) is 0 Å². The van der Waals surface area contributed by atoms with Crippen LogP contribution in [0.5, 0.6) is 0 Å². The van der Waals surface area contributed by atoms with Crippen molar-refractivity contribution in [3.8, 4) is 11.3 Å². The van der Waals surface area contributed by atoms with Crippen LogP contribution in [-0.2, 0) is 4.79 Å². The van der Waals surface area contributed by atoms with Crippen molar-refractivity contribution in [2.24, 2.45) is 0 Å². The highest BCUT2D eigenvalue weighted by Crippen LogP contribution is 2.38. The number of nitrogens with zero attached hydrogens (tertiary/aromatic N) is 3. The predicted molar refractivity (Wildman–Crippen MR) is 95.1 cm³/mol. The Hall–Kier alpha value is -2.47. The molecule has 1 N–H and O–H groups in total. The van der Waals surface area contributed by atoms with Gasteiger partial charge in [-0.3, -0.25) is 14.8 Å². The normalized spacial score (nSPS) is 11.6. The molecule has 0 fully saturated rings. The zero-order valence-electron chi connectivity index (χ0n) is 13.6. The molecule has 6 heteroatoms. The molecule has 0 atom stereocenters. The molecular weight excluding hydrogens is 322 g/mol. The second-order valence-corrected chi connectivity index (χ2v) is 7.65. The van der Waals surface area contributed by atoms with Gasteiger partial charge in [-0.25, -0.2) is 4.98 Å². The van der Waals surface area contributed by atoms with E-state index in [0.717, 1.165) is 21.9 Å². The summed E-state index contributed by atoms with van der Waals surface area (Å²) in [6.45, 7) is 5.34. The van der Waals surface area contributed by atoms with Crippen molar-refractivity contribution in [1.29, 1.82) is 0 Å². The Balaban J connectivity index is 2.16. The molecule has 0 aliphatic heterocycles. The molecular formula is C18H17N3O2S. The van der Waals surface area contributed by atoms with Crippen LogP contribution < -0.4 is 0 Å². The average molecular weight is 339 g/mol. The van der Waals surface area contributed by atoms with Crippen molar-refractivity contribution in [2.75, 3.05) is 0 Å². The monoisotopic (exact) mass is 339 g/mol. The van der Waals surface area contributed by atoms with E-state index < -0.39 is 10.7 Å². The highest BCUT2D eigenvalue weighted by molar-refractivity contribution is 8.01. The maximum atomic E-state index is 11.4. The molecule has 2 aromatic heterocycles. The molecule has 3 rings (SSSR count). The number of carboxylic acids is 1. The van der Waals surface area contributed by atoms with Gasteiger partial charge in [0, 0.05) is 35.7 Å².